The Morgan fingerprint density at radius 1 is 1.68 bits per heavy atom. The summed E-state index contributed by atoms with van der Waals surface area (Å²) in [5.74, 6) is 0.595. The normalized spacial score (nSPS) is 20.6. The number of nitrogens with zero attached hydrogens (tertiary/aromatic N) is 2. The molecular formula is C13H21N3O3. The van der Waals surface area contributed by atoms with E-state index in [1.807, 2.05) is 6.92 Å². The van der Waals surface area contributed by atoms with Crippen molar-refractivity contribution in [3.8, 4) is 0 Å². The van der Waals surface area contributed by atoms with Crippen LogP contribution in [-0.4, -0.2) is 47.1 Å². The number of oxazole rings is 1. The Bertz CT molecular complexity index is 419. The van der Waals surface area contributed by atoms with Crippen LogP contribution < -0.4 is 5.32 Å². The molecule has 0 saturated carbocycles. The van der Waals surface area contributed by atoms with Crippen molar-refractivity contribution in [3.63, 3.8) is 0 Å². The first-order valence-corrected chi connectivity index (χ1v) is 6.69. The molecule has 0 amide bonds. The SMILES string of the molecule is Cc1ocnc1CN1CCCC(CNCC(=O)O)C1. The maximum Gasteiger partial charge on any atom is 0.317 e. The van der Waals surface area contributed by atoms with Crippen molar-refractivity contribution in [2.75, 3.05) is 26.2 Å². The molecule has 1 fully saturated rings. The highest BCUT2D eigenvalue weighted by molar-refractivity contribution is 5.68. The minimum Gasteiger partial charge on any atom is -0.480 e. The summed E-state index contributed by atoms with van der Waals surface area (Å²) in [6.45, 7) is 5.61. The van der Waals surface area contributed by atoms with Crippen LogP contribution >= 0.6 is 0 Å². The minimum absolute atomic E-state index is 0.0406. The van der Waals surface area contributed by atoms with E-state index in [-0.39, 0.29) is 6.54 Å². The molecule has 1 aromatic rings. The van der Waals surface area contributed by atoms with E-state index in [0.29, 0.717) is 5.92 Å². The van der Waals surface area contributed by atoms with E-state index in [1.54, 1.807) is 0 Å². The zero-order valence-corrected chi connectivity index (χ0v) is 11.3. The maximum atomic E-state index is 10.5. The van der Waals surface area contributed by atoms with Crippen LogP contribution in [0.5, 0.6) is 0 Å². The second-order valence-corrected chi connectivity index (χ2v) is 5.12. The van der Waals surface area contributed by atoms with E-state index in [4.69, 9.17) is 9.52 Å². The van der Waals surface area contributed by atoms with Gasteiger partial charge in [0.1, 0.15) is 5.76 Å². The summed E-state index contributed by atoms with van der Waals surface area (Å²) in [4.78, 5) is 17.0. The summed E-state index contributed by atoms with van der Waals surface area (Å²) < 4.78 is 5.21. The zero-order valence-electron chi connectivity index (χ0n) is 11.3. The van der Waals surface area contributed by atoms with Crippen LogP contribution in [0.1, 0.15) is 24.3 Å². The molecular weight excluding hydrogens is 246 g/mol. The number of likely N-dealkylation sites (tertiary alicyclic amines) is 1. The van der Waals surface area contributed by atoms with Crippen molar-refractivity contribution in [2.45, 2.75) is 26.3 Å². The summed E-state index contributed by atoms with van der Waals surface area (Å²) in [6.07, 6.45) is 3.79. The standard InChI is InChI=1S/C13H21N3O3/c1-10-12(15-9-19-10)8-16-4-2-3-11(7-16)5-14-6-13(17)18/h9,11,14H,2-8H2,1H3,(H,17,18). The third kappa shape index (κ3) is 4.33. The largest absolute Gasteiger partial charge is 0.480 e. The molecule has 1 aliphatic rings. The predicted octanol–water partition coefficient (Wildman–Crippen LogP) is 0.869. The van der Waals surface area contributed by atoms with Gasteiger partial charge in [0.15, 0.2) is 6.39 Å². The quantitative estimate of drug-likeness (QED) is 0.796. The molecule has 0 bridgehead atoms. The Morgan fingerprint density at radius 3 is 3.21 bits per heavy atom. The number of hydrogen-bond donors (Lipinski definition) is 2. The van der Waals surface area contributed by atoms with Gasteiger partial charge in [0.05, 0.1) is 12.2 Å². The molecule has 6 nitrogen and oxygen atoms in total. The Hall–Kier alpha value is -1.40. The highest BCUT2D eigenvalue weighted by atomic mass is 16.4. The van der Waals surface area contributed by atoms with Gasteiger partial charge in [-0.2, -0.15) is 0 Å². The molecule has 0 aromatic carbocycles. The van der Waals surface area contributed by atoms with Gasteiger partial charge < -0.3 is 14.8 Å². The average Bonchev–Trinajstić information content (AvgIpc) is 2.75. The molecule has 2 N–H and O–H groups in total. The van der Waals surface area contributed by atoms with Crippen LogP contribution in [0.15, 0.2) is 10.8 Å². The molecule has 0 aliphatic carbocycles. The van der Waals surface area contributed by atoms with Gasteiger partial charge in [0.2, 0.25) is 0 Å². The number of aliphatic carboxylic acids is 1. The Kier molecular flexibility index (Phi) is 4.93. The molecule has 1 aliphatic heterocycles. The number of rotatable bonds is 6. The Balaban J connectivity index is 1.77. The van der Waals surface area contributed by atoms with Crippen LogP contribution in [0.3, 0.4) is 0 Å². The minimum atomic E-state index is -0.800. The highest BCUT2D eigenvalue weighted by Gasteiger charge is 2.21. The topological polar surface area (TPSA) is 78.6 Å². The Labute approximate surface area is 112 Å². The second-order valence-electron chi connectivity index (χ2n) is 5.12. The summed E-state index contributed by atoms with van der Waals surface area (Å²) in [7, 11) is 0. The molecule has 1 aromatic heterocycles. The fourth-order valence-corrected chi connectivity index (χ4v) is 2.54. The Morgan fingerprint density at radius 2 is 2.53 bits per heavy atom. The predicted molar refractivity (Wildman–Crippen MR) is 69.7 cm³/mol. The first kappa shape index (κ1) is 14.0. The smallest absolute Gasteiger partial charge is 0.317 e. The molecule has 0 spiro atoms. The van der Waals surface area contributed by atoms with Gasteiger partial charge in [-0.25, -0.2) is 4.98 Å². The van der Waals surface area contributed by atoms with Crippen molar-refractivity contribution in [1.82, 2.24) is 15.2 Å². The van der Waals surface area contributed by atoms with Crippen molar-refractivity contribution in [3.05, 3.63) is 17.8 Å². The van der Waals surface area contributed by atoms with Crippen LogP contribution in [0.4, 0.5) is 0 Å². The van der Waals surface area contributed by atoms with Crippen molar-refractivity contribution >= 4 is 5.97 Å². The third-order valence-corrected chi connectivity index (χ3v) is 3.53. The summed E-state index contributed by atoms with van der Waals surface area (Å²) in [6, 6.07) is 0. The molecule has 6 heteroatoms. The van der Waals surface area contributed by atoms with Crippen molar-refractivity contribution < 1.29 is 14.3 Å². The second kappa shape index (κ2) is 6.68. The lowest BCUT2D eigenvalue weighted by molar-refractivity contribution is -0.136. The summed E-state index contributed by atoms with van der Waals surface area (Å²) >= 11 is 0. The lowest BCUT2D eigenvalue weighted by atomic mass is 9.98. The van der Waals surface area contributed by atoms with Crippen molar-refractivity contribution in [1.29, 1.82) is 0 Å². The van der Waals surface area contributed by atoms with E-state index in [1.165, 1.54) is 6.39 Å². The lowest BCUT2D eigenvalue weighted by Crippen LogP contribution is -2.40. The number of hydrogen-bond acceptors (Lipinski definition) is 5. The summed E-state index contributed by atoms with van der Waals surface area (Å²) in [5, 5.41) is 11.6. The van der Waals surface area contributed by atoms with Gasteiger partial charge in [-0.05, 0) is 38.8 Å². The van der Waals surface area contributed by atoms with E-state index < -0.39 is 5.97 Å². The van der Waals surface area contributed by atoms with Gasteiger partial charge in [-0.3, -0.25) is 9.69 Å². The highest BCUT2D eigenvalue weighted by Crippen LogP contribution is 2.18. The van der Waals surface area contributed by atoms with Gasteiger partial charge in [-0.1, -0.05) is 0 Å². The molecule has 0 radical (unpaired) electrons. The molecule has 2 rings (SSSR count). The van der Waals surface area contributed by atoms with Crippen LogP contribution in [-0.2, 0) is 11.3 Å². The van der Waals surface area contributed by atoms with Gasteiger partial charge in [0.25, 0.3) is 0 Å². The summed E-state index contributed by atoms with van der Waals surface area (Å²) in [5.41, 5.74) is 0.999. The molecule has 2 heterocycles. The first-order valence-electron chi connectivity index (χ1n) is 6.69. The van der Waals surface area contributed by atoms with E-state index in [9.17, 15) is 4.79 Å². The number of aromatic nitrogens is 1. The van der Waals surface area contributed by atoms with Crippen molar-refractivity contribution in [2.24, 2.45) is 5.92 Å². The number of carbonyl (C=O) groups is 1. The molecule has 1 atom stereocenters. The van der Waals surface area contributed by atoms with Gasteiger partial charge >= 0.3 is 5.97 Å². The third-order valence-electron chi connectivity index (χ3n) is 3.53. The average molecular weight is 267 g/mol. The molecule has 1 unspecified atom stereocenters. The first-order chi connectivity index (χ1) is 9.15. The number of carboxylic acid groups (broad SMARTS) is 1. The molecule has 106 valence electrons. The number of nitrogens with one attached hydrogen (secondary N) is 1. The number of aryl methyl sites for hydroxylation is 1. The van der Waals surface area contributed by atoms with E-state index in [0.717, 1.165) is 50.5 Å². The zero-order chi connectivity index (χ0) is 13.7. The molecule has 1 saturated heterocycles. The number of piperidine rings is 1. The van der Waals surface area contributed by atoms with Crippen LogP contribution in [0.25, 0.3) is 0 Å². The van der Waals surface area contributed by atoms with Gasteiger partial charge in [-0.15, -0.1) is 0 Å². The van der Waals surface area contributed by atoms with Crippen LogP contribution in [0, 0.1) is 12.8 Å². The van der Waals surface area contributed by atoms with Gasteiger partial charge in [0, 0.05) is 13.1 Å². The fourth-order valence-electron chi connectivity index (χ4n) is 2.54. The fraction of sp³-hybridized carbons (Fsp3) is 0.692. The monoisotopic (exact) mass is 267 g/mol. The number of carboxylic acids is 1. The molecule has 19 heavy (non-hydrogen) atoms. The van der Waals surface area contributed by atoms with E-state index in [2.05, 4.69) is 15.2 Å². The lowest BCUT2D eigenvalue weighted by Gasteiger charge is -2.32. The van der Waals surface area contributed by atoms with Crippen LogP contribution in [0.2, 0.25) is 0 Å². The maximum absolute atomic E-state index is 10.5. The van der Waals surface area contributed by atoms with E-state index >= 15 is 0 Å².